The second-order valence-electron chi connectivity index (χ2n) is 4.37. The van der Waals surface area contributed by atoms with Crippen LogP contribution in [0.4, 0.5) is 11.4 Å². The lowest BCUT2D eigenvalue weighted by Crippen LogP contribution is -2.37. The van der Waals surface area contributed by atoms with E-state index >= 15 is 0 Å². The summed E-state index contributed by atoms with van der Waals surface area (Å²) in [4.78, 5) is 2.15. The standard InChI is InChI=1S/C12H18N2O4S/c13-10-1-2-11(14-3-6-18-7-4-14)12(9-10)19(16,17)8-5-15/h1-2,9,15H,3-8,13H2. The molecule has 1 aromatic rings. The molecule has 1 heterocycles. The third-order valence-corrected chi connectivity index (χ3v) is 4.75. The van der Waals surface area contributed by atoms with E-state index in [9.17, 15) is 8.42 Å². The van der Waals surface area contributed by atoms with Crippen molar-refractivity contribution < 1.29 is 18.3 Å². The van der Waals surface area contributed by atoms with E-state index in [1.807, 2.05) is 4.90 Å². The lowest BCUT2D eigenvalue weighted by atomic mass is 10.2. The Kier molecular flexibility index (Phi) is 4.28. The van der Waals surface area contributed by atoms with Gasteiger partial charge in [0.2, 0.25) is 0 Å². The lowest BCUT2D eigenvalue weighted by molar-refractivity contribution is 0.122. The van der Waals surface area contributed by atoms with Gasteiger partial charge in [-0.15, -0.1) is 0 Å². The molecule has 0 unspecified atom stereocenters. The third kappa shape index (κ3) is 3.17. The van der Waals surface area contributed by atoms with Crippen LogP contribution < -0.4 is 10.6 Å². The summed E-state index contributed by atoms with van der Waals surface area (Å²) in [7, 11) is -3.53. The number of rotatable bonds is 4. The maximum absolute atomic E-state index is 12.2. The predicted molar refractivity (Wildman–Crippen MR) is 73.0 cm³/mol. The van der Waals surface area contributed by atoms with Gasteiger partial charge in [0.25, 0.3) is 0 Å². The van der Waals surface area contributed by atoms with Gasteiger partial charge in [0, 0.05) is 18.8 Å². The quantitative estimate of drug-likeness (QED) is 0.749. The monoisotopic (exact) mass is 286 g/mol. The topological polar surface area (TPSA) is 92.9 Å². The molecular weight excluding hydrogens is 268 g/mol. The molecule has 1 aliphatic heterocycles. The van der Waals surface area contributed by atoms with Crippen LogP contribution in [-0.4, -0.2) is 52.2 Å². The van der Waals surface area contributed by atoms with Gasteiger partial charge in [0.15, 0.2) is 9.84 Å². The molecule has 0 saturated carbocycles. The van der Waals surface area contributed by atoms with Gasteiger partial charge in [-0.2, -0.15) is 0 Å². The number of ether oxygens (including phenoxy) is 1. The van der Waals surface area contributed by atoms with Crippen molar-refractivity contribution in [3.8, 4) is 0 Å². The van der Waals surface area contributed by atoms with Gasteiger partial charge >= 0.3 is 0 Å². The fourth-order valence-electron chi connectivity index (χ4n) is 2.08. The Morgan fingerprint density at radius 1 is 1.32 bits per heavy atom. The van der Waals surface area contributed by atoms with Crippen molar-refractivity contribution in [3.05, 3.63) is 18.2 Å². The van der Waals surface area contributed by atoms with Gasteiger partial charge in [0.1, 0.15) is 0 Å². The summed E-state index contributed by atoms with van der Waals surface area (Å²) in [5.74, 6) is -0.298. The highest BCUT2D eigenvalue weighted by molar-refractivity contribution is 7.91. The minimum Gasteiger partial charge on any atom is -0.399 e. The Bertz CT molecular complexity index is 539. The summed E-state index contributed by atoms with van der Waals surface area (Å²) >= 11 is 0. The number of nitrogens with zero attached hydrogens (tertiary/aromatic N) is 1. The van der Waals surface area contributed by atoms with Crippen LogP contribution in [0, 0.1) is 0 Å². The number of aliphatic hydroxyl groups is 1. The van der Waals surface area contributed by atoms with Crippen molar-refractivity contribution in [2.24, 2.45) is 0 Å². The number of benzene rings is 1. The summed E-state index contributed by atoms with van der Waals surface area (Å²) in [6.07, 6.45) is 0. The first-order valence-electron chi connectivity index (χ1n) is 6.10. The zero-order valence-electron chi connectivity index (χ0n) is 10.6. The third-order valence-electron chi connectivity index (χ3n) is 3.03. The highest BCUT2D eigenvalue weighted by Crippen LogP contribution is 2.29. The van der Waals surface area contributed by atoms with Crippen LogP contribution in [0.3, 0.4) is 0 Å². The number of nitrogens with two attached hydrogens (primary N) is 1. The first-order valence-corrected chi connectivity index (χ1v) is 7.75. The van der Waals surface area contributed by atoms with E-state index in [2.05, 4.69) is 0 Å². The zero-order chi connectivity index (χ0) is 13.9. The molecule has 1 aliphatic rings. The normalized spacial score (nSPS) is 16.6. The molecule has 6 nitrogen and oxygen atoms in total. The first kappa shape index (κ1) is 14.1. The number of aliphatic hydroxyl groups excluding tert-OH is 1. The lowest BCUT2D eigenvalue weighted by Gasteiger charge is -2.30. The molecule has 0 aromatic heterocycles. The van der Waals surface area contributed by atoms with Crippen LogP contribution in [0.1, 0.15) is 0 Å². The SMILES string of the molecule is Nc1ccc(N2CCOCC2)c(S(=O)(=O)CCO)c1. The van der Waals surface area contributed by atoms with Gasteiger partial charge in [-0.05, 0) is 18.2 Å². The van der Waals surface area contributed by atoms with Gasteiger partial charge in [-0.1, -0.05) is 0 Å². The fraction of sp³-hybridized carbons (Fsp3) is 0.500. The van der Waals surface area contributed by atoms with E-state index in [0.29, 0.717) is 37.7 Å². The van der Waals surface area contributed by atoms with Crippen LogP contribution in [-0.2, 0) is 14.6 Å². The average molecular weight is 286 g/mol. The summed E-state index contributed by atoms with van der Waals surface area (Å²) in [6, 6.07) is 4.85. The maximum atomic E-state index is 12.2. The van der Waals surface area contributed by atoms with E-state index in [1.165, 1.54) is 6.07 Å². The molecule has 1 fully saturated rings. The van der Waals surface area contributed by atoms with Crippen LogP contribution in [0.15, 0.2) is 23.1 Å². The highest BCUT2D eigenvalue weighted by atomic mass is 32.2. The minimum atomic E-state index is -3.53. The molecule has 0 bridgehead atoms. The van der Waals surface area contributed by atoms with Gasteiger partial charge in [0.05, 0.1) is 36.2 Å². The van der Waals surface area contributed by atoms with Crippen molar-refractivity contribution >= 4 is 21.2 Å². The predicted octanol–water partition coefficient (Wildman–Crippen LogP) is -0.129. The molecule has 0 amide bonds. The Balaban J connectivity index is 2.43. The van der Waals surface area contributed by atoms with Crippen LogP contribution in [0.5, 0.6) is 0 Å². The number of anilines is 2. The van der Waals surface area contributed by atoms with Gasteiger partial charge in [-0.25, -0.2) is 8.42 Å². The van der Waals surface area contributed by atoms with E-state index in [-0.39, 0.29) is 10.6 Å². The molecule has 106 valence electrons. The Hall–Kier alpha value is -1.31. The highest BCUT2D eigenvalue weighted by Gasteiger charge is 2.23. The number of hydrogen-bond donors (Lipinski definition) is 2. The molecule has 0 atom stereocenters. The smallest absolute Gasteiger partial charge is 0.182 e. The Morgan fingerprint density at radius 2 is 2.00 bits per heavy atom. The van der Waals surface area contributed by atoms with Crippen molar-refractivity contribution in [1.82, 2.24) is 0 Å². The van der Waals surface area contributed by atoms with E-state index < -0.39 is 16.4 Å². The summed E-state index contributed by atoms with van der Waals surface area (Å²) in [5.41, 5.74) is 6.71. The maximum Gasteiger partial charge on any atom is 0.182 e. The largest absolute Gasteiger partial charge is 0.399 e. The second-order valence-corrected chi connectivity index (χ2v) is 6.45. The zero-order valence-corrected chi connectivity index (χ0v) is 11.4. The first-order chi connectivity index (χ1) is 9.04. The molecule has 1 aromatic carbocycles. The molecule has 0 radical (unpaired) electrons. The van der Waals surface area contributed by atoms with Crippen LogP contribution in [0.25, 0.3) is 0 Å². The molecular formula is C12H18N2O4S. The van der Waals surface area contributed by atoms with Gasteiger partial charge in [-0.3, -0.25) is 0 Å². The molecule has 1 saturated heterocycles. The van der Waals surface area contributed by atoms with Gasteiger partial charge < -0.3 is 20.5 Å². The Morgan fingerprint density at radius 3 is 2.63 bits per heavy atom. The van der Waals surface area contributed by atoms with E-state index in [1.54, 1.807) is 12.1 Å². The second kappa shape index (κ2) is 5.77. The fourth-order valence-corrected chi connectivity index (χ4v) is 3.37. The molecule has 7 heteroatoms. The minimum absolute atomic E-state index is 0.184. The molecule has 19 heavy (non-hydrogen) atoms. The number of hydrogen-bond acceptors (Lipinski definition) is 6. The summed E-state index contributed by atoms with van der Waals surface area (Å²) < 4.78 is 29.6. The molecule has 3 N–H and O–H groups in total. The molecule has 0 aliphatic carbocycles. The Labute approximate surface area is 112 Å². The molecule has 0 spiro atoms. The van der Waals surface area contributed by atoms with Crippen LogP contribution >= 0.6 is 0 Å². The van der Waals surface area contributed by atoms with Crippen molar-refractivity contribution in [1.29, 1.82) is 0 Å². The summed E-state index contributed by atoms with van der Waals surface area (Å²) in [5, 5.41) is 8.89. The number of morpholine rings is 1. The van der Waals surface area contributed by atoms with Crippen LogP contribution in [0.2, 0.25) is 0 Å². The van der Waals surface area contributed by atoms with E-state index in [4.69, 9.17) is 15.6 Å². The number of nitrogen functional groups attached to an aromatic ring is 1. The number of sulfone groups is 1. The van der Waals surface area contributed by atoms with Crippen molar-refractivity contribution in [2.45, 2.75) is 4.90 Å². The molecule has 2 rings (SSSR count). The summed E-state index contributed by atoms with van der Waals surface area (Å²) in [6.45, 7) is 2.03. The average Bonchev–Trinajstić information content (AvgIpc) is 2.39. The van der Waals surface area contributed by atoms with E-state index in [0.717, 1.165) is 0 Å². The van der Waals surface area contributed by atoms with Crippen molar-refractivity contribution in [3.63, 3.8) is 0 Å². The van der Waals surface area contributed by atoms with Crippen molar-refractivity contribution in [2.75, 3.05) is 49.3 Å².